The Balaban J connectivity index is 1.42. The molecule has 39 heavy (non-hydrogen) atoms. The van der Waals surface area contributed by atoms with Crippen molar-refractivity contribution >= 4 is 34.6 Å². The maximum Gasteiger partial charge on any atom is 0.267 e. The van der Waals surface area contributed by atoms with Gasteiger partial charge in [0.1, 0.15) is 6.61 Å². The Morgan fingerprint density at radius 1 is 1.00 bits per heavy atom. The van der Waals surface area contributed by atoms with E-state index in [0.29, 0.717) is 23.0 Å². The average molecular weight is 541 g/mol. The molecule has 0 bridgehead atoms. The number of para-hydroxylation sites is 1. The number of aryl methyl sites for hydroxylation is 2. The van der Waals surface area contributed by atoms with Gasteiger partial charge in [0.15, 0.2) is 16.7 Å². The molecule has 2 fully saturated rings. The Kier molecular flexibility index (Phi) is 8.72. The van der Waals surface area contributed by atoms with Crippen LogP contribution in [0, 0.1) is 6.92 Å². The molecule has 3 aromatic carbocycles. The highest BCUT2D eigenvalue weighted by Crippen LogP contribution is 2.40. The zero-order chi connectivity index (χ0) is 27.2. The van der Waals surface area contributed by atoms with Crippen LogP contribution in [0.25, 0.3) is 6.08 Å². The van der Waals surface area contributed by atoms with Crippen LogP contribution in [0.4, 0.5) is 5.69 Å². The van der Waals surface area contributed by atoms with Gasteiger partial charge in [-0.05, 0) is 78.9 Å². The summed E-state index contributed by atoms with van der Waals surface area (Å²) in [5.41, 5.74) is 5.33. The summed E-state index contributed by atoms with van der Waals surface area (Å²) in [4.78, 5) is 21.4. The van der Waals surface area contributed by atoms with E-state index in [1.165, 1.54) is 29.3 Å². The number of methoxy groups -OCH3 is 1. The van der Waals surface area contributed by atoms with E-state index in [2.05, 4.69) is 38.1 Å². The second-order valence-corrected chi connectivity index (χ2v) is 11.2. The van der Waals surface area contributed by atoms with E-state index in [1.807, 2.05) is 53.4 Å². The normalized spacial score (nSPS) is 18.2. The van der Waals surface area contributed by atoms with Crippen molar-refractivity contribution in [1.82, 2.24) is 4.90 Å². The molecule has 1 amide bonds. The molecule has 5 nitrogen and oxygen atoms in total. The lowest BCUT2D eigenvalue weighted by Crippen LogP contribution is -2.40. The van der Waals surface area contributed by atoms with Crippen molar-refractivity contribution in [3.05, 3.63) is 93.9 Å². The maximum atomic E-state index is 13.8. The number of carbonyl (C=O) groups excluding carboxylic acids is 1. The summed E-state index contributed by atoms with van der Waals surface area (Å²) in [5, 5.41) is 0.782. The third-order valence-electron chi connectivity index (χ3n) is 7.33. The van der Waals surface area contributed by atoms with E-state index < -0.39 is 0 Å². The predicted molar refractivity (Wildman–Crippen MR) is 161 cm³/mol. The molecule has 5 rings (SSSR count). The molecule has 1 saturated heterocycles. The fourth-order valence-electron chi connectivity index (χ4n) is 5.26. The van der Waals surface area contributed by atoms with Crippen molar-refractivity contribution in [2.24, 2.45) is 4.99 Å². The number of aliphatic imine (C=N–C) groups is 1. The first kappa shape index (κ1) is 27.1. The largest absolute Gasteiger partial charge is 0.493 e. The second kappa shape index (κ2) is 12.6. The Morgan fingerprint density at radius 2 is 1.82 bits per heavy atom. The van der Waals surface area contributed by atoms with Gasteiger partial charge >= 0.3 is 0 Å². The molecule has 2 aliphatic rings. The topological polar surface area (TPSA) is 51.1 Å². The summed E-state index contributed by atoms with van der Waals surface area (Å²) in [6.07, 6.45) is 8.43. The minimum atomic E-state index is 0.0402. The van der Waals surface area contributed by atoms with Crippen LogP contribution in [0.15, 0.2) is 76.6 Å². The smallest absolute Gasteiger partial charge is 0.267 e. The number of thioether (sulfide) groups is 1. The number of carbonyl (C=O) groups is 1. The molecule has 0 atom stereocenters. The summed E-state index contributed by atoms with van der Waals surface area (Å²) in [6, 6.07) is 22.5. The van der Waals surface area contributed by atoms with Crippen LogP contribution in [0.5, 0.6) is 11.5 Å². The zero-order valence-electron chi connectivity index (χ0n) is 23.0. The van der Waals surface area contributed by atoms with Gasteiger partial charge in [-0.3, -0.25) is 9.69 Å². The summed E-state index contributed by atoms with van der Waals surface area (Å²) in [5.74, 6) is 1.36. The van der Waals surface area contributed by atoms with Gasteiger partial charge in [-0.2, -0.15) is 0 Å². The van der Waals surface area contributed by atoms with Gasteiger partial charge in [0.05, 0.1) is 17.7 Å². The Labute approximate surface area is 235 Å². The lowest BCUT2D eigenvalue weighted by atomic mass is 9.94. The van der Waals surface area contributed by atoms with Crippen molar-refractivity contribution in [2.45, 2.75) is 65.0 Å². The van der Waals surface area contributed by atoms with Crippen LogP contribution in [0.3, 0.4) is 0 Å². The fourth-order valence-corrected chi connectivity index (χ4v) is 6.31. The highest BCUT2D eigenvalue weighted by atomic mass is 32.2. The monoisotopic (exact) mass is 540 g/mol. The van der Waals surface area contributed by atoms with Gasteiger partial charge < -0.3 is 9.47 Å². The predicted octanol–water partition coefficient (Wildman–Crippen LogP) is 8.08. The minimum Gasteiger partial charge on any atom is -0.493 e. The first-order valence-electron chi connectivity index (χ1n) is 13.8. The van der Waals surface area contributed by atoms with Gasteiger partial charge in [-0.25, -0.2) is 4.99 Å². The summed E-state index contributed by atoms with van der Waals surface area (Å²) >= 11 is 1.47. The molecule has 3 aromatic rings. The number of amides is 1. The van der Waals surface area contributed by atoms with Crippen LogP contribution < -0.4 is 9.47 Å². The Bertz CT molecular complexity index is 1390. The lowest BCUT2D eigenvalue weighted by molar-refractivity contribution is -0.124. The zero-order valence-corrected chi connectivity index (χ0v) is 23.8. The highest BCUT2D eigenvalue weighted by molar-refractivity contribution is 8.18. The molecule has 6 heteroatoms. The van der Waals surface area contributed by atoms with Gasteiger partial charge in [0.2, 0.25) is 0 Å². The molecular weight excluding hydrogens is 504 g/mol. The average Bonchev–Trinajstić information content (AvgIpc) is 3.26. The molecule has 1 heterocycles. The molecule has 202 valence electrons. The molecule has 0 unspecified atom stereocenters. The number of hydrogen-bond donors (Lipinski definition) is 0. The van der Waals surface area contributed by atoms with Crippen LogP contribution in [-0.2, 0) is 17.8 Å². The molecule has 1 aliphatic carbocycles. The van der Waals surface area contributed by atoms with Crippen molar-refractivity contribution in [3.63, 3.8) is 0 Å². The van der Waals surface area contributed by atoms with Crippen molar-refractivity contribution < 1.29 is 14.3 Å². The first-order chi connectivity index (χ1) is 19.1. The fraction of sp³-hybridized carbons (Fsp3) is 0.333. The standard InChI is InChI=1S/C33H36N2O3S/c1-4-26-13-8-9-16-28(26)34-33-35(27-14-6-5-7-15-27)32(36)31(39-33)21-24-17-18-29(30(20-24)37-3)38-22-25-12-10-11-23(2)19-25/h8-13,16-21,27H,4-7,14-15,22H2,1-3H3/b31-21+,34-33?. The number of nitrogens with zero attached hydrogens (tertiary/aromatic N) is 2. The third-order valence-corrected chi connectivity index (χ3v) is 8.31. The minimum absolute atomic E-state index is 0.0402. The van der Waals surface area contributed by atoms with Crippen LogP contribution in [-0.4, -0.2) is 29.1 Å². The lowest BCUT2D eigenvalue weighted by Gasteiger charge is -2.30. The van der Waals surface area contributed by atoms with E-state index in [0.717, 1.165) is 54.1 Å². The molecule has 0 aromatic heterocycles. The van der Waals surface area contributed by atoms with Crippen LogP contribution in [0.2, 0.25) is 0 Å². The number of hydrogen-bond acceptors (Lipinski definition) is 5. The molecule has 0 N–H and O–H groups in total. The van der Waals surface area contributed by atoms with Crippen LogP contribution >= 0.6 is 11.8 Å². The summed E-state index contributed by atoms with van der Waals surface area (Å²) in [6.45, 7) is 4.67. The summed E-state index contributed by atoms with van der Waals surface area (Å²) < 4.78 is 11.7. The number of ether oxygens (including phenoxy) is 2. The number of rotatable bonds is 8. The van der Waals surface area contributed by atoms with Gasteiger partial charge in [-0.1, -0.05) is 80.3 Å². The van der Waals surface area contributed by atoms with Crippen molar-refractivity contribution in [2.75, 3.05) is 7.11 Å². The molecule has 1 aliphatic heterocycles. The number of amidine groups is 1. The Hall–Kier alpha value is -3.51. The maximum absolute atomic E-state index is 13.8. The van der Waals surface area contributed by atoms with Crippen molar-refractivity contribution in [1.29, 1.82) is 0 Å². The van der Waals surface area contributed by atoms with E-state index in [9.17, 15) is 4.79 Å². The van der Waals surface area contributed by atoms with Crippen LogP contribution in [0.1, 0.15) is 61.3 Å². The van der Waals surface area contributed by atoms with Crippen molar-refractivity contribution in [3.8, 4) is 11.5 Å². The van der Waals surface area contributed by atoms with Gasteiger partial charge in [-0.15, -0.1) is 0 Å². The molecule has 0 radical (unpaired) electrons. The van der Waals surface area contributed by atoms with E-state index >= 15 is 0 Å². The van der Waals surface area contributed by atoms with E-state index in [-0.39, 0.29) is 11.9 Å². The molecule has 0 spiro atoms. The molecule has 1 saturated carbocycles. The number of benzene rings is 3. The third kappa shape index (κ3) is 6.39. The van der Waals surface area contributed by atoms with E-state index in [4.69, 9.17) is 14.5 Å². The molecular formula is C33H36N2O3S. The first-order valence-corrected chi connectivity index (χ1v) is 14.6. The van der Waals surface area contributed by atoms with Gasteiger partial charge in [0.25, 0.3) is 5.91 Å². The Morgan fingerprint density at radius 3 is 2.59 bits per heavy atom. The SMILES string of the molecule is CCc1ccccc1N=C1S/C(=C/c2ccc(OCc3cccc(C)c3)c(OC)c2)C(=O)N1C1CCCCC1. The second-order valence-electron chi connectivity index (χ2n) is 10.1. The van der Waals surface area contributed by atoms with Gasteiger partial charge in [0, 0.05) is 6.04 Å². The summed E-state index contributed by atoms with van der Waals surface area (Å²) in [7, 11) is 1.64. The van der Waals surface area contributed by atoms with E-state index in [1.54, 1.807) is 7.11 Å². The highest BCUT2D eigenvalue weighted by Gasteiger charge is 2.38. The quantitative estimate of drug-likeness (QED) is 0.271.